The Kier molecular flexibility index (Phi) is 5.70. The van der Waals surface area contributed by atoms with E-state index in [1.54, 1.807) is 0 Å². The number of carbonyl (C=O) groups excluding carboxylic acids is 1. The topological polar surface area (TPSA) is 29.1 Å². The molecule has 1 unspecified atom stereocenters. The molecule has 0 saturated heterocycles. The van der Waals surface area contributed by atoms with E-state index in [1.807, 2.05) is 41.7 Å². The molecule has 26 heavy (non-hydrogen) atoms. The molecule has 0 saturated carbocycles. The molecule has 0 fully saturated rings. The molecule has 1 atom stereocenters. The van der Waals surface area contributed by atoms with E-state index in [0.717, 1.165) is 46.8 Å². The Balaban J connectivity index is 1.90. The monoisotopic (exact) mass is 425 g/mol. The van der Waals surface area contributed by atoms with Crippen LogP contribution < -0.4 is 5.32 Å². The van der Waals surface area contributed by atoms with Crippen molar-refractivity contribution in [1.82, 2.24) is 5.32 Å². The quantitative estimate of drug-likeness (QED) is 0.500. The predicted molar refractivity (Wildman–Crippen MR) is 99.5 cm³/mol. The Morgan fingerprint density at radius 2 is 1.77 bits per heavy atom. The zero-order valence-electron chi connectivity index (χ0n) is 14.1. The zero-order chi connectivity index (χ0) is 18.7. The number of fused-ring (bicyclic) bond motifs is 3. The van der Waals surface area contributed by atoms with Crippen molar-refractivity contribution in [2.75, 3.05) is 11.9 Å². The summed E-state index contributed by atoms with van der Waals surface area (Å²) in [6.45, 7) is -1.32. The van der Waals surface area contributed by atoms with Gasteiger partial charge in [0.05, 0.1) is 5.92 Å². The van der Waals surface area contributed by atoms with Crippen LogP contribution in [-0.4, -0.2) is 24.0 Å². The van der Waals surface area contributed by atoms with E-state index in [2.05, 4.69) is 22.0 Å². The van der Waals surface area contributed by atoms with Gasteiger partial charge in [-0.1, -0.05) is 58.4 Å². The number of aryl methyl sites for hydroxylation is 1. The molecule has 1 aliphatic rings. The summed E-state index contributed by atoms with van der Waals surface area (Å²) in [7, 11) is 0. The van der Waals surface area contributed by atoms with Gasteiger partial charge in [-0.15, -0.1) is 0 Å². The highest BCUT2D eigenvalue weighted by Crippen LogP contribution is 2.45. The standard InChI is InChI=1S/C20H19BrF3NO/c21-10-4-3-5-13-8-9-16-17(11-13)14-6-1-2-7-15(14)18(16)19(26)25-12-20(22,23)24/h1-2,6-9,11,18H,3-5,10,12H2,(H,25,26). The highest BCUT2D eigenvalue weighted by molar-refractivity contribution is 9.09. The SMILES string of the molecule is O=C(NCC(F)(F)F)C1c2ccccc2-c2cc(CCCCBr)ccc21. The molecule has 2 nitrogen and oxygen atoms in total. The van der Waals surface area contributed by atoms with E-state index in [9.17, 15) is 18.0 Å². The van der Waals surface area contributed by atoms with Crippen LogP contribution in [-0.2, 0) is 11.2 Å². The summed E-state index contributed by atoms with van der Waals surface area (Å²) in [6, 6.07) is 13.4. The van der Waals surface area contributed by atoms with Crippen molar-refractivity contribution in [3.05, 3.63) is 59.2 Å². The Hall–Kier alpha value is -1.82. The molecule has 3 rings (SSSR count). The van der Waals surface area contributed by atoms with Gasteiger partial charge >= 0.3 is 6.18 Å². The van der Waals surface area contributed by atoms with Crippen molar-refractivity contribution in [2.45, 2.75) is 31.4 Å². The lowest BCUT2D eigenvalue weighted by atomic mass is 9.95. The van der Waals surface area contributed by atoms with Gasteiger partial charge in [-0.2, -0.15) is 13.2 Å². The molecular weight excluding hydrogens is 407 g/mol. The Bertz CT molecular complexity index is 804. The smallest absolute Gasteiger partial charge is 0.346 e. The number of hydrogen-bond acceptors (Lipinski definition) is 1. The molecule has 6 heteroatoms. The number of benzene rings is 2. The number of hydrogen-bond donors (Lipinski definition) is 1. The van der Waals surface area contributed by atoms with Gasteiger partial charge in [0.1, 0.15) is 6.54 Å². The summed E-state index contributed by atoms with van der Waals surface area (Å²) in [5, 5.41) is 2.99. The number of unbranched alkanes of at least 4 members (excludes halogenated alkanes) is 1. The maximum atomic E-state index is 12.5. The predicted octanol–water partition coefficient (Wildman–Crippen LogP) is 5.20. The average Bonchev–Trinajstić information content (AvgIpc) is 2.93. The first-order valence-electron chi connectivity index (χ1n) is 8.53. The summed E-state index contributed by atoms with van der Waals surface area (Å²) in [6.07, 6.45) is -1.35. The third kappa shape index (κ3) is 4.11. The summed E-state index contributed by atoms with van der Waals surface area (Å²) < 4.78 is 37.4. The molecule has 2 aromatic carbocycles. The number of amides is 1. The third-order valence-electron chi connectivity index (χ3n) is 4.57. The van der Waals surface area contributed by atoms with Gasteiger partial charge < -0.3 is 5.32 Å². The van der Waals surface area contributed by atoms with Crippen LogP contribution in [0.15, 0.2) is 42.5 Å². The molecule has 0 spiro atoms. The molecule has 0 bridgehead atoms. The van der Waals surface area contributed by atoms with Crippen LogP contribution in [0, 0.1) is 0 Å². The second-order valence-electron chi connectivity index (χ2n) is 6.42. The van der Waals surface area contributed by atoms with Crippen LogP contribution in [0.25, 0.3) is 11.1 Å². The summed E-state index contributed by atoms with van der Waals surface area (Å²) in [4.78, 5) is 12.5. The minimum absolute atomic E-state index is 0.611. The van der Waals surface area contributed by atoms with Crippen LogP contribution in [0.4, 0.5) is 13.2 Å². The lowest BCUT2D eigenvalue weighted by molar-refractivity contribution is -0.138. The van der Waals surface area contributed by atoms with Gasteiger partial charge in [0, 0.05) is 5.33 Å². The first-order valence-corrected chi connectivity index (χ1v) is 9.65. The molecular formula is C20H19BrF3NO. The molecule has 2 aromatic rings. The van der Waals surface area contributed by atoms with Crippen LogP contribution >= 0.6 is 15.9 Å². The second-order valence-corrected chi connectivity index (χ2v) is 7.21. The Labute approximate surface area is 158 Å². The van der Waals surface area contributed by atoms with Crippen molar-refractivity contribution in [1.29, 1.82) is 0 Å². The molecule has 0 radical (unpaired) electrons. The van der Waals surface area contributed by atoms with Crippen LogP contribution in [0.2, 0.25) is 0 Å². The summed E-state index contributed by atoms with van der Waals surface area (Å²) >= 11 is 3.42. The van der Waals surface area contributed by atoms with Crippen LogP contribution in [0.5, 0.6) is 0 Å². The molecule has 0 aliphatic heterocycles. The molecule has 0 aromatic heterocycles. The average molecular weight is 426 g/mol. The highest BCUT2D eigenvalue weighted by atomic mass is 79.9. The first-order chi connectivity index (χ1) is 12.4. The number of carbonyl (C=O) groups is 1. The minimum atomic E-state index is -4.42. The number of rotatable bonds is 6. The number of alkyl halides is 4. The fourth-order valence-electron chi connectivity index (χ4n) is 3.40. The fraction of sp³-hybridized carbons (Fsp3) is 0.350. The molecule has 1 amide bonds. The number of halogens is 4. The molecule has 0 heterocycles. The number of nitrogens with one attached hydrogen (secondary N) is 1. The molecule has 1 aliphatic carbocycles. The van der Waals surface area contributed by atoms with Crippen molar-refractivity contribution < 1.29 is 18.0 Å². The largest absolute Gasteiger partial charge is 0.405 e. The lowest BCUT2D eigenvalue weighted by Crippen LogP contribution is -2.36. The molecule has 1 N–H and O–H groups in total. The lowest BCUT2D eigenvalue weighted by Gasteiger charge is -2.15. The zero-order valence-corrected chi connectivity index (χ0v) is 15.7. The van der Waals surface area contributed by atoms with Gasteiger partial charge in [-0.3, -0.25) is 4.79 Å². The second kappa shape index (κ2) is 7.82. The van der Waals surface area contributed by atoms with Gasteiger partial charge in [0.15, 0.2) is 0 Å². The van der Waals surface area contributed by atoms with E-state index >= 15 is 0 Å². The summed E-state index contributed by atoms with van der Waals surface area (Å²) in [5.74, 6) is -1.30. The van der Waals surface area contributed by atoms with Gasteiger partial charge in [0.25, 0.3) is 0 Å². The van der Waals surface area contributed by atoms with E-state index in [1.165, 1.54) is 5.56 Å². The van der Waals surface area contributed by atoms with Gasteiger partial charge in [0.2, 0.25) is 5.91 Å². The van der Waals surface area contributed by atoms with Gasteiger partial charge in [-0.25, -0.2) is 0 Å². The van der Waals surface area contributed by atoms with Crippen molar-refractivity contribution >= 4 is 21.8 Å². The maximum Gasteiger partial charge on any atom is 0.405 e. The van der Waals surface area contributed by atoms with Crippen LogP contribution in [0.1, 0.15) is 35.4 Å². The van der Waals surface area contributed by atoms with Gasteiger partial charge in [-0.05, 0) is 47.1 Å². The van der Waals surface area contributed by atoms with E-state index in [0.29, 0.717) is 0 Å². The Morgan fingerprint density at radius 3 is 2.50 bits per heavy atom. The maximum absolute atomic E-state index is 12.5. The first kappa shape index (κ1) is 19.0. The van der Waals surface area contributed by atoms with E-state index in [4.69, 9.17) is 0 Å². The third-order valence-corrected chi connectivity index (χ3v) is 5.13. The highest BCUT2D eigenvalue weighted by Gasteiger charge is 2.36. The van der Waals surface area contributed by atoms with Crippen molar-refractivity contribution in [3.63, 3.8) is 0 Å². The van der Waals surface area contributed by atoms with E-state index < -0.39 is 24.5 Å². The van der Waals surface area contributed by atoms with Crippen LogP contribution in [0.3, 0.4) is 0 Å². The minimum Gasteiger partial charge on any atom is -0.346 e. The normalized spacial score (nSPS) is 15.5. The van der Waals surface area contributed by atoms with Crippen molar-refractivity contribution in [3.8, 4) is 11.1 Å². The Morgan fingerprint density at radius 1 is 1.04 bits per heavy atom. The summed E-state index contributed by atoms with van der Waals surface area (Å²) in [5.41, 5.74) is 4.59. The molecule has 138 valence electrons. The van der Waals surface area contributed by atoms with E-state index in [-0.39, 0.29) is 0 Å². The van der Waals surface area contributed by atoms with Crippen molar-refractivity contribution in [2.24, 2.45) is 0 Å². The fourth-order valence-corrected chi connectivity index (χ4v) is 3.80.